The number of hydrogen-bond donors (Lipinski definition) is 1. The molecule has 4 nitrogen and oxygen atoms in total. The van der Waals surface area contributed by atoms with Crippen LogP contribution in [0.15, 0.2) is 100 Å². The van der Waals surface area contributed by atoms with Crippen molar-refractivity contribution in [3.8, 4) is 0 Å². The van der Waals surface area contributed by atoms with E-state index in [9.17, 15) is 0 Å². The molecule has 0 atom stereocenters. The Morgan fingerprint density at radius 1 is 0.750 bits per heavy atom. The Kier molecular flexibility index (Phi) is 5.32. The number of azo groups is 1. The van der Waals surface area contributed by atoms with E-state index in [1.165, 1.54) is 0 Å². The third kappa shape index (κ3) is 4.51. The van der Waals surface area contributed by atoms with Crippen molar-refractivity contribution < 1.29 is 0 Å². The molecule has 1 N–H and O–H groups in total. The molecule has 0 aliphatic carbocycles. The topological polar surface area (TPSA) is 49.1 Å². The Morgan fingerprint density at radius 2 is 1.38 bits per heavy atom. The number of nitrogens with one attached hydrogen (secondary N) is 1. The number of benzene rings is 3. The van der Waals surface area contributed by atoms with Gasteiger partial charge >= 0.3 is 0 Å². The largest absolute Gasteiger partial charge is 0.276 e. The van der Waals surface area contributed by atoms with Crippen LogP contribution in [0.4, 0.5) is 11.4 Å². The van der Waals surface area contributed by atoms with Gasteiger partial charge in [0.15, 0.2) is 0 Å². The Bertz CT molecular complexity index is 828. The van der Waals surface area contributed by atoms with Crippen molar-refractivity contribution in [2.45, 2.75) is 0 Å². The van der Waals surface area contributed by atoms with Gasteiger partial charge in [-0.2, -0.15) is 5.10 Å². The van der Waals surface area contributed by atoms with E-state index in [0.29, 0.717) is 10.9 Å². The van der Waals surface area contributed by atoms with Crippen LogP contribution in [-0.4, -0.2) is 5.84 Å². The molecule has 0 amide bonds. The molecule has 0 radical (unpaired) electrons. The van der Waals surface area contributed by atoms with E-state index in [0.717, 1.165) is 16.9 Å². The fourth-order valence-electron chi connectivity index (χ4n) is 1.97. The van der Waals surface area contributed by atoms with Crippen molar-refractivity contribution in [1.82, 2.24) is 0 Å². The highest BCUT2D eigenvalue weighted by molar-refractivity contribution is 6.30. The van der Waals surface area contributed by atoms with Gasteiger partial charge in [0.05, 0.1) is 11.4 Å². The molecule has 0 aromatic heterocycles. The zero-order valence-corrected chi connectivity index (χ0v) is 13.6. The number of halogens is 1. The van der Waals surface area contributed by atoms with Crippen molar-refractivity contribution in [3.05, 3.63) is 95.5 Å². The van der Waals surface area contributed by atoms with Crippen molar-refractivity contribution in [2.75, 3.05) is 5.43 Å². The quantitative estimate of drug-likeness (QED) is 0.274. The maximum atomic E-state index is 5.89. The minimum Gasteiger partial charge on any atom is -0.276 e. The summed E-state index contributed by atoms with van der Waals surface area (Å²) in [5.41, 5.74) is 5.45. The van der Waals surface area contributed by atoms with Gasteiger partial charge in [0.2, 0.25) is 5.84 Å². The van der Waals surface area contributed by atoms with E-state index in [2.05, 4.69) is 20.8 Å². The lowest BCUT2D eigenvalue weighted by Crippen LogP contribution is -2.00. The first kappa shape index (κ1) is 15.9. The second-order valence-electron chi connectivity index (χ2n) is 4.96. The number of amidine groups is 1. The van der Waals surface area contributed by atoms with Gasteiger partial charge in [-0.3, -0.25) is 5.43 Å². The molecular weight excluding hydrogens is 320 g/mol. The van der Waals surface area contributed by atoms with E-state index in [-0.39, 0.29) is 0 Å². The van der Waals surface area contributed by atoms with Gasteiger partial charge in [0.25, 0.3) is 0 Å². The molecule has 3 rings (SSSR count). The van der Waals surface area contributed by atoms with Gasteiger partial charge in [-0.05, 0) is 36.4 Å². The number of hydrogen-bond acceptors (Lipinski definition) is 3. The maximum absolute atomic E-state index is 5.89. The van der Waals surface area contributed by atoms with Crippen LogP contribution >= 0.6 is 11.6 Å². The predicted molar refractivity (Wildman–Crippen MR) is 99.0 cm³/mol. The van der Waals surface area contributed by atoms with Crippen LogP contribution in [0, 0.1) is 0 Å². The summed E-state index contributed by atoms with van der Waals surface area (Å²) < 4.78 is 0. The minimum absolute atomic E-state index is 0.495. The second-order valence-corrected chi connectivity index (χ2v) is 5.39. The fraction of sp³-hybridized carbons (Fsp3) is 0. The van der Waals surface area contributed by atoms with Crippen molar-refractivity contribution in [3.63, 3.8) is 0 Å². The van der Waals surface area contributed by atoms with Crippen molar-refractivity contribution in [1.29, 1.82) is 0 Å². The van der Waals surface area contributed by atoms with Crippen LogP contribution in [0.3, 0.4) is 0 Å². The van der Waals surface area contributed by atoms with E-state index in [1.54, 1.807) is 12.1 Å². The van der Waals surface area contributed by atoms with Crippen LogP contribution in [0.25, 0.3) is 0 Å². The van der Waals surface area contributed by atoms with Crippen LogP contribution < -0.4 is 5.43 Å². The molecule has 0 saturated carbocycles. The molecule has 0 fully saturated rings. The molecule has 118 valence electrons. The number of nitrogens with zero attached hydrogens (tertiary/aromatic N) is 3. The number of hydrazone groups is 1. The van der Waals surface area contributed by atoms with Crippen LogP contribution in [0.5, 0.6) is 0 Å². The summed E-state index contributed by atoms with van der Waals surface area (Å²) in [6, 6.07) is 26.5. The van der Waals surface area contributed by atoms with E-state index < -0.39 is 0 Å². The molecule has 3 aromatic rings. The standard InChI is InChI=1S/C19H15ClN4/c20-16-11-13-18(14-12-16)22-24-19(15-7-3-1-4-8-15)23-21-17-9-5-2-6-10-17/h1-14,22H. The molecule has 0 unspecified atom stereocenters. The summed E-state index contributed by atoms with van der Waals surface area (Å²) in [7, 11) is 0. The zero-order valence-electron chi connectivity index (χ0n) is 12.8. The molecule has 3 aromatic carbocycles. The first-order valence-electron chi connectivity index (χ1n) is 7.43. The highest BCUT2D eigenvalue weighted by Gasteiger charge is 2.02. The fourth-order valence-corrected chi connectivity index (χ4v) is 2.10. The summed E-state index contributed by atoms with van der Waals surface area (Å²) in [5, 5.41) is 13.6. The number of rotatable bonds is 4. The van der Waals surface area contributed by atoms with Crippen LogP contribution in [0.2, 0.25) is 5.02 Å². The summed E-state index contributed by atoms with van der Waals surface area (Å²) in [5.74, 6) is 0.495. The third-order valence-electron chi connectivity index (χ3n) is 3.18. The van der Waals surface area contributed by atoms with Crippen molar-refractivity contribution >= 4 is 28.8 Å². The summed E-state index contributed by atoms with van der Waals surface area (Å²) in [6.45, 7) is 0. The third-order valence-corrected chi connectivity index (χ3v) is 3.44. The average molecular weight is 335 g/mol. The summed E-state index contributed by atoms with van der Waals surface area (Å²) in [6.07, 6.45) is 0. The Balaban J connectivity index is 1.86. The highest BCUT2D eigenvalue weighted by atomic mass is 35.5. The Morgan fingerprint density at radius 3 is 2.04 bits per heavy atom. The predicted octanol–water partition coefficient (Wildman–Crippen LogP) is 5.90. The lowest BCUT2D eigenvalue weighted by molar-refractivity contribution is 1.22. The highest BCUT2D eigenvalue weighted by Crippen LogP contribution is 2.15. The SMILES string of the molecule is Clc1ccc(NN=C(N=Nc2ccccc2)c2ccccc2)cc1. The van der Waals surface area contributed by atoms with Gasteiger partial charge in [-0.1, -0.05) is 60.1 Å². The van der Waals surface area contributed by atoms with Crippen molar-refractivity contribution in [2.24, 2.45) is 15.3 Å². The molecule has 0 bridgehead atoms. The molecule has 0 aliphatic heterocycles. The minimum atomic E-state index is 0.495. The van der Waals surface area contributed by atoms with E-state index >= 15 is 0 Å². The molecule has 0 aliphatic rings. The molecular formula is C19H15ClN4. The smallest absolute Gasteiger partial charge is 0.201 e. The Hall–Kier alpha value is -2.98. The van der Waals surface area contributed by atoms with E-state index in [1.807, 2.05) is 72.8 Å². The van der Waals surface area contributed by atoms with Gasteiger partial charge in [0.1, 0.15) is 0 Å². The normalized spacial score (nSPS) is 11.6. The lowest BCUT2D eigenvalue weighted by atomic mass is 10.2. The zero-order chi connectivity index (χ0) is 16.6. The molecule has 0 heterocycles. The van der Waals surface area contributed by atoms with Crippen LogP contribution in [-0.2, 0) is 0 Å². The van der Waals surface area contributed by atoms with Gasteiger partial charge in [-0.15, -0.1) is 10.2 Å². The Labute approximate surface area is 145 Å². The molecule has 0 saturated heterocycles. The second kappa shape index (κ2) is 8.04. The van der Waals surface area contributed by atoms with Gasteiger partial charge < -0.3 is 0 Å². The number of anilines is 1. The summed E-state index contributed by atoms with van der Waals surface area (Å²) in [4.78, 5) is 0. The molecule has 5 heteroatoms. The van der Waals surface area contributed by atoms with Crippen LogP contribution in [0.1, 0.15) is 5.56 Å². The van der Waals surface area contributed by atoms with Gasteiger partial charge in [0, 0.05) is 10.6 Å². The van der Waals surface area contributed by atoms with Gasteiger partial charge in [-0.25, -0.2) is 0 Å². The first-order chi connectivity index (χ1) is 11.8. The lowest BCUT2D eigenvalue weighted by Gasteiger charge is -2.03. The monoisotopic (exact) mass is 334 g/mol. The van der Waals surface area contributed by atoms with E-state index in [4.69, 9.17) is 11.6 Å². The summed E-state index contributed by atoms with van der Waals surface area (Å²) >= 11 is 5.89. The molecule has 24 heavy (non-hydrogen) atoms. The molecule has 0 spiro atoms. The maximum Gasteiger partial charge on any atom is 0.201 e. The average Bonchev–Trinajstić information content (AvgIpc) is 2.65. The first-order valence-corrected chi connectivity index (χ1v) is 7.80.